The van der Waals surface area contributed by atoms with Crippen LogP contribution in [0.2, 0.25) is 0 Å². The molecule has 0 spiro atoms. The maximum absolute atomic E-state index is 12.9. The third kappa shape index (κ3) is 6.48. The van der Waals surface area contributed by atoms with Crippen molar-refractivity contribution in [1.29, 1.82) is 0 Å². The van der Waals surface area contributed by atoms with Crippen molar-refractivity contribution < 1.29 is 9.59 Å². The second kappa shape index (κ2) is 11.8. The Morgan fingerprint density at radius 1 is 1.00 bits per heavy atom. The molecule has 0 aliphatic carbocycles. The van der Waals surface area contributed by atoms with E-state index < -0.39 is 0 Å². The number of nitrogens with one attached hydrogen (secondary N) is 1. The molecule has 0 atom stereocenters. The highest BCUT2D eigenvalue weighted by molar-refractivity contribution is 8.37. The molecule has 0 saturated carbocycles. The van der Waals surface area contributed by atoms with Crippen molar-refractivity contribution in [1.82, 2.24) is 13.7 Å². The van der Waals surface area contributed by atoms with Gasteiger partial charge in [-0.2, -0.15) is 0 Å². The number of para-hydroxylation sites is 1. The number of piperidine rings is 1. The first-order valence-electron chi connectivity index (χ1n) is 11.7. The summed E-state index contributed by atoms with van der Waals surface area (Å²) in [6.45, 7) is 3.51. The Morgan fingerprint density at radius 2 is 1.63 bits per heavy atom. The normalized spacial score (nSPS) is 14.7. The van der Waals surface area contributed by atoms with E-state index >= 15 is 0 Å². The molecule has 1 amide bonds. The van der Waals surface area contributed by atoms with Crippen molar-refractivity contribution in [2.45, 2.75) is 26.2 Å². The van der Waals surface area contributed by atoms with Crippen molar-refractivity contribution in [2.24, 2.45) is 13.0 Å². The largest absolute Gasteiger partial charge is 0.319 e. The number of aromatic nitrogens is 2. The highest BCUT2D eigenvalue weighted by Gasteiger charge is 2.23. The molecule has 4 rings (SSSR count). The molecular formula is C26H30N4O3S2. The third-order valence-electron chi connectivity index (χ3n) is 6.28. The predicted molar refractivity (Wildman–Crippen MR) is 144 cm³/mol. The highest BCUT2D eigenvalue weighted by Crippen LogP contribution is 2.29. The highest BCUT2D eigenvalue weighted by atomic mass is 32.2. The molecule has 1 aliphatic heterocycles. The van der Waals surface area contributed by atoms with Crippen molar-refractivity contribution in [3.05, 3.63) is 82.3 Å². The van der Waals surface area contributed by atoms with Crippen LogP contribution in [0.15, 0.2) is 65.5 Å². The van der Waals surface area contributed by atoms with Gasteiger partial charge in [0.2, 0.25) is 5.91 Å². The Kier molecular flexibility index (Phi) is 8.54. The fraction of sp³-hybridized carbons (Fsp3) is 0.346. The summed E-state index contributed by atoms with van der Waals surface area (Å²) in [6, 6.07) is 19.8. The van der Waals surface area contributed by atoms with Gasteiger partial charge in [-0.3, -0.25) is 19.1 Å². The first-order chi connectivity index (χ1) is 16.9. The molecule has 3 aromatic rings. The van der Waals surface area contributed by atoms with Crippen molar-refractivity contribution in [2.75, 3.05) is 24.2 Å². The number of amides is 1. The minimum absolute atomic E-state index is 0.0323. The van der Waals surface area contributed by atoms with Crippen LogP contribution in [-0.2, 0) is 18.3 Å². The fourth-order valence-corrected chi connectivity index (χ4v) is 5.93. The molecule has 0 unspecified atom stereocenters. The van der Waals surface area contributed by atoms with Crippen molar-refractivity contribution in [3.8, 4) is 5.69 Å². The van der Waals surface area contributed by atoms with Crippen LogP contribution in [0, 0.1) is 12.8 Å². The molecule has 1 N–H and O–H groups in total. The summed E-state index contributed by atoms with van der Waals surface area (Å²) in [5.41, 5.74) is 2.67. The lowest BCUT2D eigenvalue weighted by Gasteiger charge is -2.30. The topological polar surface area (TPSA) is 76.3 Å². The molecule has 1 saturated heterocycles. The van der Waals surface area contributed by atoms with Crippen LogP contribution in [0.1, 0.15) is 24.1 Å². The SMILES string of the molecule is Cc1c(NC(=O)CSC(=O)SN2CCC(Cc3ccccc3)CC2)c(=O)n(-c2ccccc2)n1C. The molecule has 35 heavy (non-hydrogen) atoms. The lowest BCUT2D eigenvalue weighted by molar-refractivity contribution is -0.113. The number of carbonyl (C=O) groups excluding carboxylic acids is 2. The summed E-state index contributed by atoms with van der Waals surface area (Å²) in [7, 11) is 1.78. The van der Waals surface area contributed by atoms with Crippen LogP contribution in [0.3, 0.4) is 0 Å². The summed E-state index contributed by atoms with van der Waals surface area (Å²) in [5.74, 6) is 0.239. The van der Waals surface area contributed by atoms with Gasteiger partial charge >= 0.3 is 0 Å². The zero-order valence-corrected chi connectivity index (χ0v) is 21.6. The average Bonchev–Trinajstić information content (AvgIpc) is 3.08. The predicted octanol–water partition coefficient (Wildman–Crippen LogP) is 4.88. The first kappa shape index (κ1) is 25.3. The van der Waals surface area contributed by atoms with Crippen LogP contribution >= 0.6 is 23.7 Å². The van der Waals surface area contributed by atoms with Crippen LogP contribution in [0.4, 0.5) is 10.5 Å². The number of rotatable bonds is 7. The number of hydrogen-bond acceptors (Lipinski definition) is 6. The molecule has 0 bridgehead atoms. The van der Waals surface area contributed by atoms with E-state index in [0.29, 0.717) is 11.6 Å². The van der Waals surface area contributed by atoms with Crippen molar-refractivity contribution >= 4 is 39.8 Å². The molecule has 9 heteroatoms. The maximum atomic E-state index is 12.9. The van der Waals surface area contributed by atoms with E-state index in [9.17, 15) is 14.4 Å². The van der Waals surface area contributed by atoms with Crippen LogP contribution in [-0.4, -0.2) is 42.9 Å². The average molecular weight is 511 g/mol. The van der Waals surface area contributed by atoms with Gasteiger partial charge < -0.3 is 5.32 Å². The molecule has 1 fully saturated rings. The summed E-state index contributed by atoms with van der Waals surface area (Å²) in [6.07, 6.45) is 3.19. The van der Waals surface area contributed by atoms with E-state index in [-0.39, 0.29) is 27.4 Å². The third-order valence-corrected chi connectivity index (χ3v) is 8.28. The van der Waals surface area contributed by atoms with Crippen LogP contribution < -0.4 is 10.9 Å². The Hall–Kier alpha value is -2.75. The van der Waals surface area contributed by atoms with Gasteiger partial charge in [-0.1, -0.05) is 60.3 Å². The van der Waals surface area contributed by atoms with E-state index in [1.807, 2.05) is 36.4 Å². The second-order valence-corrected chi connectivity index (χ2v) is 11.0. The maximum Gasteiger partial charge on any atom is 0.295 e. The summed E-state index contributed by atoms with van der Waals surface area (Å²) >= 11 is 2.17. The standard InChI is InChI=1S/C26H30N4O3S2/c1-19-24(25(32)30(28(19)2)22-11-7-4-8-12-22)27-23(31)18-34-26(33)35-29-15-13-21(14-16-29)17-20-9-5-3-6-10-20/h3-12,21H,13-18H2,1-2H3,(H,27,31). The number of anilines is 1. The van der Waals surface area contributed by atoms with Crippen molar-refractivity contribution in [3.63, 3.8) is 0 Å². The minimum Gasteiger partial charge on any atom is -0.319 e. The Morgan fingerprint density at radius 3 is 2.29 bits per heavy atom. The smallest absolute Gasteiger partial charge is 0.295 e. The molecule has 1 aliphatic rings. The number of hydrogen-bond donors (Lipinski definition) is 1. The zero-order valence-electron chi connectivity index (χ0n) is 20.0. The van der Waals surface area contributed by atoms with E-state index in [4.69, 9.17) is 0 Å². The first-order valence-corrected chi connectivity index (χ1v) is 13.5. The van der Waals surface area contributed by atoms with E-state index in [1.54, 1.807) is 18.7 Å². The molecule has 7 nitrogen and oxygen atoms in total. The Balaban J connectivity index is 1.24. The zero-order chi connectivity index (χ0) is 24.8. The van der Waals surface area contributed by atoms with Gasteiger partial charge in [-0.25, -0.2) is 8.99 Å². The van der Waals surface area contributed by atoms with E-state index in [1.165, 1.54) is 22.2 Å². The van der Waals surface area contributed by atoms with Gasteiger partial charge in [-0.15, -0.1) is 0 Å². The summed E-state index contributed by atoms with van der Waals surface area (Å²) < 4.78 is 5.21. The minimum atomic E-state index is -0.364. The lowest BCUT2D eigenvalue weighted by Crippen LogP contribution is -2.30. The quantitative estimate of drug-likeness (QED) is 0.457. The molecule has 0 radical (unpaired) electrons. The summed E-state index contributed by atoms with van der Waals surface area (Å²) in [5, 5.41) is 2.71. The lowest BCUT2D eigenvalue weighted by atomic mass is 9.91. The van der Waals surface area contributed by atoms with E-state index in [2.05, 4.69) is 33.9 Å². The van der Waals surface area contributed by atoms with Gasteiger partial charge in [0.25, 0.3) is 10.0 Å². The van der Waals surface area contributed by atoms with Gasteiger partial charge in [0.1, 0.15) is 5.69 Å². The molecule has 2 aromatic carbocycles. The number of benzene rings is 2. The summed E-state index contributed by atoms with van der Waals surface area (Å²) in [4.78, 5) is 37.9. The molecule has 1 aromatic heterocycles. The van der Waals surface area contributed by atoms with Crippen LogP contribution in [0.5, 0.6) is 0 Å². The molecular weight excluding hydrogens is 480 g/mol. The van der Waals surface area contributed by atoms with Gasteiger partial charge in [0, 0.05) is 32.1 Å². The fourth-order valence-electron chi connectivity index (χ4n) is 4.30. The Bertz CT molecular complexity index is 1220. The molecule has 2 heterocycles. The van der Waals surface area contributed by atoms with Gasteiger partial charge in [0.05, 0.1) is 17.1 Å². The van der Waals surface area contributed by atoms with Crippen LogP contribution in [0.25, 0.3) is 5.69 Å². The van der Waals surface area contributed by atoms with Gasteiger partial charge in [-0.05, 0) is 49.8 Å². The Labute approximate surface area is 214 Å². The van der Waals surface area contributed by atoms with E-state index in [0.717, 1.165) is 49.8 Å². The monoisotopic (exact) mass is 510 g/mol. The second-order valence-electron chi connectivity index (χ2n) is 8.68. The number of nitrogens with zero attached hydrogens (tertiary/aromatic N) is 3. The number of carbonyl (C=O) groups is 2. The number of thioether (sulfide) groups is 1. The molecule has 184 valence electrons. The van der Waals surface area contributed by atoms with Gasteiger partial charge in [0.15, 0.2) is 0 Å².